The van der Waals surface area contributed by atoms with Gasteiger partial charge >= 0.3 is 6.03 Å². The summed E-state index contributed by atoms with van der Waals surface area (Å²) in [5, 5.41) is 5.78. The van der Waals surface area contributed by atoms with E-state index in [9.17, 15) is 14.4 Å². The summed E-state index contributed by atoms with van der Waals surface area (Å²) >= 11 is 1.32. The summed E-state index contributed by atoms with van der Waals surface area (Å²) in [7, 11) is 3.14. The van der Waals surface area contributed by atoms with Gasteiger partial charge in [0.2, 0.25) is 5.91 Å². The van der Waals surface area contributed by atoms with Gasteiger partial charge < -0.3 is 20.1 Å². The molecule has 0 spiro atoms. The number of hydrogen-bond acceptors (Lipinski definition) is 7. The second-order valence-corrected chi connectivity index (χ2v) is 9.08. The van der Waals surface area contributed by atoms with Gasteiger partial charge in [0.25, 0.3) is 5.91 Å². The molecule has 0 bridgehead atoms. The molecule has 0 aliphatic carbocycles. The van der Waals surface area contributed by atoms with E-state index in [1.807, 2.05) is 31.2 Å². The van der Waals surface area contributed by atoms with Crippen molar-refractivity contribution in [3.05, 3.63) is 59.0 Å². The van der Waals surface area contributed by atoms with Crippen molar-refractivity contribution in [1.82, 2.24) is 15.2 Å². The van der Waals surface area contributed by atoms with Crippen LogP contribution in [0.4, 0.5) is 9.93 Å². The van der Waals surface area contributed by atoms with E-state index in [0.717, 1.165) is 26.8 Å². The molecular weight excluding hydrogens is 456 g/mol. The van der Waals surface area contributed by atoms with Crippen molar-refractivity contribution in [2.24, 2.45) is 0 Å². The van der Waals surface area contributed by atoms with Crippen molar-refractivity contribution in [3.63, 3.8) is 0 Å². The van der Waals surface area contributed by atoms with Gasteiger partial charge in [0.05, 0.1) is 19.9 Å². The number of benzene rings is 2. The third-order valence-corrected chi connectivity index (χ3v) is 6.54. The monoisotopic (exact) mass is 480 g/mol. The van der Waals surface area contributed by atoms with Crippen LogP contribution in [0.2, 0.25) is 0 Å². The summed E-state index contributed by atoms with van der Waals surface area (Å²) in [6, 6.07) is 13.7. The Morgan fingerprint density at radius 1 is 1.06 bits per heavy atom. The van der Waals surface area contributed by atoms with Crippen LogP contribution in [0.25, 0.3) is 11.3 Å². The standard InChI is InChI=1S/C24H24N4O5S/c1-14-20(15-5-9-17(32-3)10-6-15)26-22(34-14)25-19(29)13-28-21(30)24(2,27-23(28)31)16-7-11-18(33-4)12-8-16/h5-12H,13H2,1-4H3,(H,27,31)(H,25,26,29). The van der Waals surface area contributed by atoms with Gasteiger partial charge in [0.1, 0.15) is 23.6 Å². The molecule has 9 nitrogen and oxygen atoms in total. The van der Waals surface area contributed by atoms with Crippen LogP contribution >= 0.6 is 11.3 Å². The molecule has 1 aliphatic rings. The van der Waals surface area contributed by atoms with Gasteiger partial charge in [-0.2, -0.15) is 0 Å². The highest BCUT2D eigenvalue weighted by Gasteiger charge is 2.49. The molecule has 10 heteroatoms. The number of aryl methyl sites for hydroxylation is 1. The maximum atomic E-state index is 13.1. The SMILES string of the molecule is COc1ccc(-c2nc(NC(=O)CN3C(=O)NC(C)(c4ccc(OC)cc4)C3=O)sc2C)cc1. The molecule has 1 aromatic heterocycles. The van der Waals surface area contributed by atoms with E-state index < -0.39 is 29.9 Å². The number of methoxy groups -OCH3 is 2. The normalized spacial score (nSPS) is 17.5. The Balaban J connectivity index is 1.45. The molecule has 0 saturated carbocycles. The number of aromatic nitrogens is 1. The number of nitrogens with one attached hydrogen (secondary N) is 2. The van der Waals surface area contributed by atoms with E-state index >= 15 is 0 Å². The highest BCUT2D eigenvalue weighted by molar-refractivity contribution is 7.16. The first-order valence-electron chi connectivity index (χ1n) is 10.5. The van der Waals surface area contributed by atoms with Crippen LogP contribution in [0.1, 0.15) is 17.4 Å². The van der Waals surface area contributed by atoms with Gasteiger partial charge in [-0.25, -0.2) is 9.78 Å². The first-order valence-corrected chi connectivity index (χ1v) is 11.3. The van der Waals surface area contributed by atoms with Crippen LogP contribution in [0.5, 0.6) is 11.5 Å². The number of rotatable bonds is 7. The van der Waals surface area contributed by atoms with Gasteiger partial charge in [-0.3, -0.25) is 14.5 Å². The molecule has 2 heterocycles. The van der Waals surface area contributed by atoms with Crippen LogP contribution < -0.4 is 20.1 Å². The Kier molecular flexibility index (Phi) is 6.25. The first kappa shape index (κ1) is 23.2. The summed E-state index contributed by atoms with van der Waals surface area (Å²) in [4.78, 5) is 44.6. The zero-order valence-corrected chi connectivity index (χ0v) is 20.0. The third kappa shape index (κ3) is 4.32. The molecule has 176 valence electrons. The van der Waals surface area contributed by atoms with Crippen molar-refractivity contribution in [2.45, 2.75) is 19.4 Å². The average molecular weight is 481 g/mol. The Bertz CT molecular complexity index is 1240. The number of nitrogens with zero attached hydrogens (tertiary/aromatic N) is 2. The molecule has 34 heavy (non-hydrogen) atoms. The van der Waals surface area contributed by atoms with Gasteiger partial charge in [0.15, 0.2) is 5.13 Å². The maximum absolute atomic E-state index is 13.1. The molecule has 2 N–H and O–H groups in total. The van der Waals surface area contributed by atoms with Gasteiger partial charge in [-0.15, -0.1) is 11.3 Å². The van der Waals surface area contributed by atoms with E-state index in [2.05, 4.69) is 15.6 Å². The fraction of sp³-hybridized carbons (Fsp3) is 0.250. The van der Waals surface area contributed by atoms with Crippen molar-refractivity contribution in [1.29, 1.82) is 0 Å². The van der Waals surface area contributed by atoms with Crippen molar-refractivity contribution >= 4 is 34.3 Å². The number of carbonyl (C=O) groups is 3. The number of ether oxygens (including phenoxy) is 2. The van der Waals surface area contributed by atoms with Gasteiger partial charge in [-0.05, 0) is 55.8 Å². The predicted molar refractivity (Wildman–Crippen MR) is 128 cm³/mol. The Labute approximate surface area is 200 Å². The maximum Gasteiger partial charge on any atom is 0.325 e. The molecular formula is C24H24N4O5S. The number of hydrogen-bond donors (Lipinski definition) is 2. The quantitative estimate of drug-likeness (QED) is 0.501. The lowest BCUT2D eigenvalue weighted by Gasteiger charge is -2.22. The number of amides is 4. The molecule has 4 amide bonds. The second-order valence-electron chi connectivity index (χ2n) is 7.88. The molecule has 1 unspecified atom stereocenters. The third-order valence-electron chi connectivity index (χ3n) is 5.65. The molecule has 1 aliphatic heterocycles. The average Bonchev–Trinajstić information content (AvgIpc) is 3.30. The predicted octanol–water partition coefficient (Wildman–Crippen LogP) is 3.54. The minimum absolute atomic E-state index is 0.387. The summed E-state index contributed by atoms with van der Waals surface area (Å²) < 4.78 is 10.3. The minimum Gasteiger partial charge on any atom is -0.497 e. The van der Waals surface area contributed by atoms with E-state index in [1.54, 1.807) is 45.4 Å². The number of thiazole rings is 1. The molecule has 0 radical (unpaired) electrons. The highest BCUT2D eigenvalue weighted by Crippen LogP contribution is 2.32. The summed E-state index contributed by atoms with van der Waals surface area (Å²) in [6.45, 7) is 3.09. The Morgan fingerprint density at radius 2 is 1.65 bits per heavy atom. The zero-order valence-electron chi connectivity index (χ0n) is 19.2. The smallest absolute Gasteiger partial charge is 0.325 e. The van der Waals surface area contributed by atoms with Crippen LogP contribution in [0, 0.1) is 6.92 Å². The number of imide groups is 1. The lowest BCUT2D eigenvalue weighted by Crippen LogP contribution is -2.42. The van der Waals surface area contributed by atoms with Crippen molar-refractivity contribution in [3.8, 4) is 22.8 Å². The zero-order chi connectivity index (χ0) is 24.5. The molecule has 1 atom stereocenters. The second kappa shape index (κ2) is 9.14. The number of carbonyl (C=O) groups excluding carboxylic acids is 3. The molecule has 3 aromatic rings. The minimum atomic E-state index is -1.27. The fourth-order valence-corrected chi connectivity index (χ4v) is 4.58. The number of urea groups is 1. The first-order chi connectivity index (χ1) is 16.2. The Hall–Kier alpha value is -3.92. The van der Waals surface area contributed by atoms with E-state index in [0.29, 0.717) is 16.4 Å². The Morgan fingerprint density at radius 3 is 2.24 bits per heavy atom. The molecule has 2 aromatic carbocycles. The number of anilines is 1. The topological polar surface area (TPSA) is 110 Å². The molecule has 1 fully saturated rings. The largest absolute Gasteiger partial charge is 0.497 e. The summed E-state index contributed by atoms with van der Waals surface area (Å²) in [6.07, 6.45) is 0. The summed E-state index contributed by atoms with van der Waals surface area (Å²) in [5.41, 5.74) is 0.946. The lowest BCUT2D eigenvalue weighted by molar-refractivity contribution is -0.133. The van der Waals surface area contributed by atoms with Crippen LogP contribution in [0.15, 0.2) is 48.5 Å². The fourth-order valence-electron chi connectivity index (χ4n) is 3.73. The summed E-state index contributed by atoms with van der Waals surface area (Å²) in [5.74, 6) is 0.345. The lowest BCUT2D eigenvalue weighted by atomic mass is 9.92. The molecule has 4 rings (SSSR count). The van der Waals surface area contributed by atoms with E-state index in [1.165, 1.54) is 11.3 Å². The van der Waals surface area contributed by atoms with Crippen LogP contribution in [-0.4, -0.2) is 48.5 Å². The van der Waals surface area contributed by atoms with E-state index in [-0.39, 0.29) is 0 Å². The van der Waals surface area contributed by atoms with E-state index in [4.69, 9.17) is 9.47 Å². The van der Waals surface area contributed by atoms with Crippen molar-refractivity contribution < 1.29 is 23.9 Å². The van der Waals surface area contributed by atoms with Gasteiger partial charge in [-0.1, -0.05) is 12.1 Å². The van der Waals surface area contributed by atoms with Crippen LogP contribution in [-0.2, 0) is 15.1 Å². The molecule has 1 saturated heterocycles. The van der Waals surface area contributed by atoms with Gasteiger partial charge in [0, 0.05) is 10.4 Å². The van der Waals surface area contributed by atoms with Crippen LogP contribution in [0.3, 0.4) is 0 Å². The van der Waals surface area contributed by atoms with Crippen molar-refractivity contribution in [2.75, 3.05) is 26.1 Å². The highest BCUT2D eigenvalue weighted by atomic mass is 32.1.